The molecule has 0 spiro atoms. The third-order valence-electron chi connectivity index (χ3n) is 4.76. The Morgan fingerprint density at radius 1 is 1.17 bits per heavy atom. The van der Waals surface area contributed by atoms with Crippen molar-refractivity contribution in [1.29, 1.82) is 0 Å². The van der Waals surface area contributed by atoms with Gasteiger partial charge in [0.1, 0.15) is 5.75 Å². The summed E-state index contributed by atoms with van der Waals surface area (Å²) < 4.78 is 48.2. The summed E-state index contributed by atoms with van der Waals surface area (Å²) in [6.45, 7) is 1.12. The molecular formula is C21H19F3N2O3S. The second kappa shape index (κ2) is 8.69. The van der Waals surface area contributed by atoms with Gasteiger partial charge in [0.15, 0.2) is 5.16 Å². The van der Waals surface area contributed by atoms with Gasteiger partial charge in [0.05, 0.1) is 23.6 Å². The van der Waals surface area contributed by atoms with Gasteiger partial charge >= 0.3 is 6.36 Å². The van der Waals surface area contributed by atoms with E-state index in [2.05, 4.69) is 9.72 Å². The number of rotatable bonds is 6. The van der Waals surface area contributed by atoms with Crippen molar-refractivity contribution in [2.24, 2.45) is 0 Å². The minimum Gasteiger partial charge on any atom is -0.406 e. The van der Waals surface area contributed by atoms with E-state index in [1.54, 1.807) is 34.9 Å². The topological polar surface area (TPSA) is 53.3 Å². The van der Waals surface area contributed by atoms with Crippen molar-refractivity contribution in [3.8, 4) is 5.75 Å². The number of hydrogen-bond donors (Lipinski definition) is 0. The number of halogens is 3. The fraction of sp³-hybridized carbons (Fsp3) is 0.333. The fourth-order valence-corrected chi connectivity index (χ4v) is 4.31. The number of thioether (sulfide) groups is 1. The van der Waals surface area contributed by atoms with Crippen LogP contribution in [0.5, 0.6) is 5.75 Å². The van der Waals surface area contributed by atoms with E-state index in [-0.39, 0.29) is 17.4 Å². The van der Waals surface area contributed by atoms with Crippen LogP contribution in [0.3, 0.4) is 0 Å². The predicted molar refractivity (Wildman–Crippen MR) is 108 cm³/mol. The van der Waals surface area contributed by atoms with Crippen molar-refractivity contribution in [2.45, 2.75) is 42.8 Å². The molecule has 158 valence electrons. The van der Waals surface area contributed by atoms with Gasteiger partial charge in [-0.15, -0.1) is 13.2 Å². The number of para-hydroxylation sites is 1. The van der Waals surface area contributed by atoms with Crippen LogP contribution in [0.15, 0.2) is 58.5 Å². The van der Waals surface area contributed by atoms with Crippen LogP contribution in [0.2, 0.25) is 0 Å². The summed E-state index contributed by atoms with van der Waals surface area (Å²) in [5, 5.41) is 1.11. The first-order valence-corrected chi connectivity index (χ1v) is 10.5. The third-order valence-corrected chi connectivity index (χ3v) is 5.81. The van der Waals surface area contributed by atoms with Crippen molar-refractivity contribution >= 4 is 22.7 Å². The summed E-state index contributed by atoms with van der Waals surface area (Å²) in [7, 11) is 0. The van der Waals surface area contributed by atoms with Crippen molar-refractivity contribution in [1.82, 2.24) is 9.55 Å². The molecule has 2 heterocycles. The smallest absolute Gasteiger partial charge is 0.406 e. The Labute approximate surface area is 174 Å². The maximum atomic E-state index is 13.1. The van der Waals surface area contributed by atoms with Crippen molar-refractivity contribution in [3.05, 3.63) is 64.4 Å². The lowest BCUT2D eigenvalue weighted by molar-refractivity contribution is -0.274. The molecule has 3 aromatic rings. The van der Waals surface area contributed by atoms with Crippen LogP contribution < -0.4 is 10.3 Å². The highest BCUT2D eigenvalue weighted by Crippen LogP contribution is 2.27. The Morgan fingerprint density at radius 2 is 1.93 bits per heavy atom. The average molecular weight is 436 g/mol. The van der Waals surface area contributed by atoms with E-state index in [1.807, 2.05) is 6.07 Å². The summed E-state index contributed by atoms with van der Waals surface area (Å²) >= 11 is 1.36. The molecule has 1 atom stereocenters. The van der Waals surface area contributed by atoms with E-state index in [0.717, 1.165) is 18.4 Å². The molecule has 1 aliphatic rings. The lowest BCUT2D eigenvalue weighted by Gasteiger charge is -2.16. The van der Waals surface area contributed by atoms with Crippen molar-refractivity contribution in [3.63, 3.8) is 0 Å². The second-order valence-electron chi connectivity index (χ2n) is 6.94. The SMILES string of the molecule is O=c1c2ccccc2nc(SCc2ccc(OC(F)(F)F)cc2)n1CC1CCCO1. The molecule has 0 saturated carbocycles. The van der Waals surface area contributed by atoms with Crippen LogP contribution in [0.4, 0.5) is 13.2 Å². The number of aromatic nitrogens is 2. The predicted octanol–water partition coefficient (Wildman–Crippen LogP) is 4.77. The largest absolute Gasteiger partial charge is 0.573 e. The van der Waals surface area contributed by atoms with E-state index >= 15 is 0 Å². The highest BCUT2D eigenvalue weighted by atomic mass is 32.2. The number of hydrogen-bond acceptors (Lipinski definition) is 5. The van der Waals surface area contributed by atoms with E-state index < -0.39 is 6.36 Å². The summed E-state index contributed by atoms with van der Waals surface area (Å²) in [5.41, 5.74) is 1.29. The van der Waals surface area contributed by atoms with Gasteiger partial charge in [-0.3, -0.25) is 9.36 Å². The standard InChI is InChI=1S/C21H19F3N2O3S/c22-21(23,24)29-15-9-7-14(8-10-15)13-30-20-25-18-6-2-1-5-17(18)19(27)26(20)12-16-4-3-11-28-16/h1-2,5-10,16H,3-4,11-13H2. The Balaban J connectivity index is 1.57. The highest BCUT2D eigenvalue weighted by Gasteiger charge is 2.31. The van der Waals surface area contributed by atoms with E-state index in [0.29, 0.717) is 35.0 Å². The molecule has 1 aliphatic heterocycles. The molecule has 5 nitrogen and oxygen atoms in total. The molecule has 4 rings (SSSR count). The molecule has 1 fully saturated rings. The van der Waals surface area contributed by atoms with Gasteiger partial charge in [0.25, 0.3) is 5.56 Å². The number of ether oxygens (including phenoxy) is 2. The molecule has 1 aromatic heterocycles. The van der Waals surface area contributed by atoms with E-state index in [1.165, 1.54) is 23.9 Å². The summed E-state index contributed by atoms with van der Waals surface area (Å²) in [6, 6.07) is 12.9. The van der Waals surface area contributed by atoms with Crippen LogP contribution in [0.25, 0.3) is 10.9 Å². The molecule has 0 aliphatic carbocycles. The van der Waals surface area contributed by atoms with Crippen LogP contribution in [0.1, 0.15) is 18.4 Å². The van der Waals surface area contributed by atoms with Gasteiger partial charge in [-0.05, 0) is 42.7 Å². The van der Waals surface area contributed by atoms with E-state index in [4.69, 9.17) is 4.74 Å². The van der Waals surface area contributed by atoms with Crippen LogP contribution in [0, 0.1) is 0 Å². The number of alkyl halides is 3. The van der Waals surface area contributed by atoms with Crippen LogP contribution in [-0.2, 0) is 17.0 Å². The summed E-state index contributed by atoms with van der Waals surface area (Å²) in [4.78, 5) is 17.7. The Morgan fingerprint density at radius 3 is 2.63 bits per heavy atom. The molecular weight excluding hydrogens is 417 g/mol. The number of nitrogens with zero attached hydrogens (tertiary/aromatic N) is 2. The highest BCUT2D eigenvalue weighted by molar-refractivity contribution is 7.98. The maximum absolute atomic E-state index is 13.1. The van der Waals surface area contributed by atoms with Crippen molar-refractivity contribution in [2.75, 3.05) is 6.61 Å². The minimum atomic E-state index is -4.72. The van der Waals surface area contributed by atoms with Gasteiger partial charge in [-0.25, -0.2) is 4.98 Å². The lowest BCUT2D eigenvalue weighted by Crippen LogP contribution is -2.28. The first kappa shape index (κ1) is 20.7. The van der Waals surface area contributed by atoms with Gasteiger partial charge in [-0.2, -0.15) is 0 Å². The monoisotopic (exact) mass is 436 g/mol. The van der Waals surface area contributed by atoms with Crippen molar-refractivity contribution < 1.29 is 22.6 Å². The van der Waals surface area contributed by atoms with E-state index in [9.17, 15) is 18.0 Å². The van der Waals surface area contributed by atoms with Crippen LogP contribution >= 0.6 is 11.8 Å². The normalized spacial score (nSPS) is 16.8. The lowest BCUT2D eigenvalue weighted by atomic mass is 10.2. The molecule has 1 unspecified atom stereocenters. The number of fused-ring (bicyclic) bond motifs is 1. The van der Waals surface area contributed by atoms with Gasteiger partial charge < -0.3 is 9.47 Å². The maximum Gasteiger partial charge on any atom is 0.573 e. The Kier molecular flexibility index (Phi) is 6.01. The first-order chi connectivity index (χ1) is 14.4. The molecule has 0 bridgehead atoms. The molecule has 2 aromatic carbocycles. The fourth-order valence-electron chi connectivity index (χ4n) is 3.35. The second-order valence-corrected chi connectivity index (χ2v) is 7.89. The Hall–Kier alpha value is -2.52. The Bertz CT molecular complexity index is 1080. The summed E-state index contributed by atoms with van der Waals surface area (Å²) in [6.07, 6.45) is -2.88. The average Bonchev–Trinajstić information content (AvgIpc) is 3.22. The zero-order valence-electron chi connectivity index (χ0n) is 15.9. The molecule has 1 saturated heterocycles. The minimum absolute atomic E-state index is 0.0242. The summed E-state index contributed by atoms with van der Waals surface area (Å²) in [5.74, 6) is 0.179. The van der Waals surface area contributed by atoms with Gasteiger partial charge in [-0.1, -0.05) is 36.0 Å². The zero-order chi connectivity index (χ0) is 21.1. The zero-order valence-corrected chi connectivity index (χ0v) is 16.7. The molecule has 0 radical (unpaired) electrons. The molecule has 0 N–H and O–H groups in total. The third kappa shape index (κ3) is 4.96. The van der Waals surface area contributed by atoms with Gasteiger partial charge in [0, 0.05) is 12.4 Å². The quantitative estimate of drug-likeness (QED) is 0.412. The first-order valence-electron chi connectivity index (χ1n) is 9.48. The number of benzene rings is 2. The van der Waals surface area contributed by atoms with Gasteiger partial charge in [0.2, 0.25) is 0 Å². The molecule has 9 heteroatoms. The van der Waals surface area contributed by atoms with Crippen LogP contribution in [-0.4, -0.2) is 28.6 Å². The molecule has 0 amide bonds. The molecule has 30 heavy (non-hydrogen) atoms.